The molecule has 1 aromatic heterocycles. The first-order valence-electron chi connectivity index (χ1n) is 6.32. The molecule has 2 aromatic rings. The van der Waals surface area contributed by atoms with Gasteiger partial charge < -0.3 is 5.32 Å². The number of hydrogen-bond donors (Lipinski definition) is 2. The number of nitrogens with one attached hydrogen (secondary N) is 2. The molecular formula is C15H15N3O2S. The minimum absolute atomic E-state index is 0.623. The number of hydrazone groups is 1. The number of nitrogens with zero attached hydrogens (tertiary/aromatic N) is 1. The molecule has 2 amide bonds. The van der Waals surface area contributed by atoms with Crippen LogP contribution in [0.5, 0.6) is 0 Å². The Morgan fingerprint density at radius 3 is 2.67 bits per heavy atom. The molecular weight excluding hydrogens is 286 g/mol. The van der Waals surface area contributed by atoms with Crippen LogP contribution in [0, 0.1) is 13.8 Å². The van der Waals surface area contributed by atoms with Gasteiger partial charge in [-0.3, -0.25) is 9.59 Å². The van der Waals surface area contributed by atoms with E-state index < -0.39 is 11.8 Å². The van der Waals surface area contributed by atoms with Crippen molar-refractivity contribution in [3.05, 3.63) is 51.7 Å². The van der Waals surface area contributed by atoms with Crippen LogP contribution in [0.3, 0.4) is 0 Å². The van der Waals surface area contributed by atoms with Crippen molar-refractivity contribution in [2.45, 2.75) is 13.8 Å². The first kappa shape index (κ1) is 14.9. The summed E-state index contributed by atoms with van der Waals surface area (Å²) in [4.78, 5) is 24.3. The zero-order chi connectivity index (χ0) is 15.2. The summed E-state index contributed by atoms with van der Waals surface area (Å²) in [7, 11) is 0. The Bertz CT molecular complexity index is 678. The van der Waals surface area contributed by atoms with Crippen LogP contribution < -0.4 is 10.7 Å². The van der Waals surface area contributed by atoms with Gasteiger partial charge in [0.25, 0.3) is 0 Å². The Morgan fingerprint density at radius 1 is 1.14 bits per heavy atom. The minimum Gasteiger partial charge on any atom is -0.317 e. The zero-order valence-electron chi connectivity index (χ0n) is 11.7. The van der Waals surface area contributed by atoms with E-state index in [0.717, 1.165) is 16.0 Å². The van der Waals surface area contributed by atoms with Gasteiger partial charge in [-0.25, -0.2) is 5.43 Å². The number of hydrogen-bond acceptors (Lipinski definition) is 4. The summed E-state index contributed by atoms with van der Waals surface area (Å²) in [5, 5.41) is 8.21. The summed E-state index contributed by atoms with van der Waals surface area (Å²) >= 11 is 1.49. The highest BCUT2D eigenvalue weighted by molar-refractivity contribution is 7.11. The van der Waals surface area contributed by atoms with Crippen molar-refractivity contribution in [2.24, 2.45) is 5.10 Å². The largest absolute Gasteiger partial charge is 0.329 e. The number of carbonyl (C=O) groups is 2. The van der Waals surface area contributed by atoms with Gasteiger partial charge in [-0.05, 0) is 42.5 Å². The summed E-state index contributed by atoms with van der Waals surface area (Å²) in [5.41, 5.74) is 4.80. The third kappa shape index (κ3) is 4.00. The van der Waals surface area contributed by atoms with Gasteiger partial charge in [0.05, 0.1) is 6.21 Å². The topological polar surface area (TPSA) is 70.6 Å². The van der Waals surface area contributed by atoms with E-state index in [9.17, 15) is 9.59 Å². The molecule has 5 nitrogen and oxygen atoms in total. The van der Waals surface area contributed by atoms with Crippen molar-refractivity contribution < 1.29 is 9.59 Å². The van der Waals surface area contributed by atoms with Gasteiger partial charge in [0.2, 0.25) is 0 Å². The summed E-state index contributed by atoms with van der Waals surface area (Å²) in [6.45, 7) is 3.83. The lowest BCUT2D eigenvalue weighted by Gasteiger charge is -2.09. The van der Waals surface area contributed by atoms with Gasteiger partial charge >= 0.3 is 11.8 Å². The van der Waals surface area contributed by atoms with Crippen molar-refractivity contribution in [1.82, 2.24) is 5.43 Å². The normalized spacial score (nSPS) is 10.6. The van der Waals surface area contributed by atoms with Crippen LogP contribution in [0.1, 0.15) is 16.0 Å². The van der Waals surface area contributed by atoms with E-state index in [1.165, 1.54) is 17.6 Å². The first-order valence-corrected chi connectivity index (χ1v) is 7.20. The molecule has 0 atom stereocenters. The Hall–Kier alpha value is -2.47. The quantitative estimate of drug-likeness (QED) is 0.519. The number of rotatable bonds is 3. The van der Waals surface area contributed by atoms with Crippen molar-refractivity contribution in [3.8, 4) is 0 Å². The van der Waals surface area contributed by atoms with Gasteiger partial charge in [0, 0.05) is 10.6 Å². The summed E-state index contributed by atoms with van der Waals surface area (Å²) < 4.78 is 0. The Kier molecular flexibility index (Phi) is 4.84. The molecule has 0 bridgehead atoms. The number of thiophene rings is 1. The van der Waals surface area contributed by atoms with Crippen LogP contribution >= 0.6 is 11.3 Å². The van der Waals surface area contributed by atoms with E-state index in [1.54, 1.807) is 6.07 Å². The maximum atomic E-state index is 11.8. The number of anilines is 1. The SMILES string of the molecule is Cc1cccc(NC(=O)C(=O)NN=Cc2cccs2)c1C. The lowest BCUT2D eigenvalue weighted by molar-refractivity contribution is -0.136. The number of amides is 2. The van der Waals surface area contributed by atoms with Crippen LogP contribution in [0.2, 0.25) is 0 Å². The van der Waals surface area contributed by atoms with Crippen LogP contribution in [0.25, 0.3) is 0 Å². The molecule has 2 N–H and O–H groups in total. The second-order valence-corrected chi connectivity index (χ2v) is 5.40. The fourth-order valence-electron chi connectivity index (χ4n) is 1.64. The van der Waals surface area contributed by atoms with Gasteiger partial charge in [-0.15, -0.1) is 11.3 Å². The highest BCUT2D eigenvalue weighted by Gasteiger charge is 2.14. The Morgan fingerprint density at radius 2 is 1.95 bits per heavy atom. The van der Waals surface area contributed by atoms with Gasteiger partial charge in [-0.1, -0.05) is 18.2 Å². The van der Waals surface area contributed by atoms with E-state index in [0.29, 0.717) is 5.69 Å². The molecule has 1 aromatic carbocycles. The monoisotopic (exact) mass is 301 g/mol. The maximum absolute atomic E-state index is 11.8. The van der Waals surface area contributed by atoms with Gasteiger partial charge in [0.1, 0.15) is 0 Å². The molecule has 0 unspecified atom stereocenters. The minimum atomic E-state index is -0.802. The summed E-state index contributed by atoms with van der Waals surface area (Å²) in [6, 6.07) is 9.25. The smallest absolute Gasteiger partial charge is 0.317 e. The lowest BCUT2D eigenvalue weighted by Crippen LogP contribution is -2.32. The second-order valence-electron chi connectivity index (χ2n) is 4.42. The average molecular weight is 301 g/mol. The Labute approximate surface area is 126 Å². The molecule has 2 rings (SSSR count). The number of aryl methyl sites for hydroxylation is 1. The van der Waals surface area contributed by atoms with Gasteiger partial charge in [0.15, 0.2) is 0 Å². The maximum Gasteiger partial charge on any atom is 0.329 e. The van der Waals surface area contributed by atoms with Crippen molar-refractivity contribution in [1.29, 1.82) is 0 Å². The molecule has 0 radical (unpaired) electrons. The van der Waals surface area contributed by atoms with Crippen molar-refractivity contribution in [3.63, 3.8) is 0 Å². The summed E-state index contributed by atoms with van der Waals surface area (Å²) in [6.07, 6.45) is 1.49. The average Bonchev–Trinajstić information content (AvgIpc) is 2.97. The van der Waals surface area contributed by atoms with Crippen LogP contribution in [-0.4, -0.2) is 18.0 Å². The molecule has 0 saturated carbocycles. The molecule has 1 heterocycles. The van der Waals surface area contributed by atoms with Gasteiger partial charge in [-0.2, -0.15) is 5.10 Å². The molecule has 0 saturated heterocycles. The fourth-order valence-corrected chi connectivity index (χ4v) is 2.22. The molecule has 0 aliphatic rings. The highest BCUT2D eigenvalue weighted by Crippen LogP contribution is 2.17. The molecule has 0 spiro atoms. The molecule has 21 heavy (non-hydrogen) atoms. The predicted molar refractivity (Wildman–Crippen MR) is 84.6 cm³/mol. The van der Waals surface area contributed by atoms with Crippen LogP contribution in [0.4, 0.5) is 5.69 Å². The second kappa shape index (κ2) is 6.81. The standard InChI is InChI=1S/C15H15N3O2S/c1-10-5-3-7-13(11(10)2)17-14(19)15(20)18-16-9-12-6-4-8-21-12/h3-9H,1-2H3,(H,17,19)(H,18,20). The van der Waals surface area contributed by atoms with E-state index in [-0.39, 0.29) is 0 Å². The molecule has 6 heteroatoms. The first-order chi connectivity index (χ1) is 10.1. The third-order valence-corrected chi connectivity index (χ3v) is 3.77. The molecule has 108 valence electrons. The predicted octanol–water partition coefficient (Wildman–Crippen LogP) is 2.45. The van der Waals surface area contributed by atoms with Crippen LogP contribution in [0.15, 0.2) is 40.8 Å². The molecule has 0 fully saturated rings. The number of carbonyl (C=O) groups excluding carboxylic acids is 2. The summed E-state index contributed by atoms with van der Waals surface area (Å²) in [5.74, 6) is -1.55. The third-order valence-electron chi connectivity index (χ3n) is 2.96. The van der Waals surface area contributed by atoms with Crippen molar-refractivity contribution >= 4 is 35.1 Å². The van der Waals surface area contributed by atoms with E-state index in [1.807, 2.05) is 43.5 Å². The highest BCUT2D eigenvalue weighted by atomic mass is 32.1. The van der Waals surface area contributed by atoms with Crippen molar-refractivity contribution in [2.75, 3.05) is 5.32 Å². The van der Waals surface area contributed by atoms with Crippen LogP contribution in [-0.2, 0) is 9.59 Å². The number of benzene rings is 1. The Balaban J connectivity index is 1.94. The fraction of sp³-hybridized carbons (Fsp3) is 0.133. The zero-order valence-corrected chi connectivity index (χ0v) is 12.5. The van der Waals surface area contributed by atoms with E-state index in [4.69, 9.17) is 0 Å². The lowest BCUT2D eigenvalue weighted by atomic mass is 10.1. The molecule has 0 aliphatic carbocycles. The van der Waals surface area contributed by atoms with E-state index >= 15 is 0 Å². The molecule has 0 aliphatic heterocycles. The van der Waals surface area contributed by atoms with E-state index in [2.05, 4.69) is 15.8 Å².